The number of unbranched alkanes of at least 4 members (excludes halogenated alkanes) is 6. The van der Waals surface area contributed by atoms with Gasteiger partial charge in [-0.05, 0) is 70.6 Å². The van der Waals surface area contributed by atoms with E-state index in [1.54, 1.807) is 12.2 Å². The molecule has 1 rings (SSSR count). The Morgan fingerprint density at radius 3 is 1.92 bits per heavy atom. The molecule has 0 aliphatic carbocycles. The van der Waals surface area contributed by atoms with Crippen LogP contribution in [0.25, 0.3) is 0 Å². The second kappa shape index (κ2) is 38.3. The van der Waals surface area contributed by atoms with E-state index in [0.29, 0.717) is 38.5 Å². The van der Waals surface area contributed by atoms with Crippen LogP contribution in [0.15, 0.2) is 85.1 Å². The zero-order valence-electron chi connectivity index (χ0n) is 37.8. The molecule has 1 aliphatic rings. The third-order valence-corrected chi connectivity index (χ3v) is 10.8. The maximum Gasteiger partial charge on any atom is 0.472 e. The molecule has 0 bridgehead atoms. The number of rotatable bonds is 37. The van der Waals surface area contributed by atoms with Crippen molar-refractivity contribution in [1.29, 1.82) is 0 Å². The monoisotopic (exact) mass is 911 g/mol. The molecule has 0 spiro atoms. The Kier molecular flexibility index (Phi) is 35.2. The van der Waals surface area contributed by atoms with Gasteiger partial charge in [0, 0.05) is 25.2 Å². The van der Waals surface area contributed by atoms with E-state index in [-0.39, 0.29) is 25.2 Å². The predicted molar refractivity (Wildman–Crippen MR) is 245 cm³/mol. The van der Waals surface area contributed by atoms with Crippen molar-refractivity contribution in [3.8, 4) is 0 Å². The minimum atomic E-state index is -4.71. The number of carbonyl (C=O) groups is 2. The molecule has 63 heavy (non-hydrogen) atoms. The number of aliphatic hydroxyl groups excluding tert-OH is 5. The molecule has 15 heteroatoms. The first-order valence-corrected chi connectivity index (χ1v) is 24.4. The van der Waals surface area contributed by atoms with Crippen LogP contribution in [0.4, 0.5) is 0 Å². The first-order chi connectivity index (χ1) is 30.4. The van der Waals surface area contributed by atoms with Crippen LogP contribution in [0.1, 0.15) is 136 Å². The van der Waals surface area contributed by atoms with Crippen molar-refractivity contribution in [3.63, 3.8) is 0 Å². The molecule has 6 N–H and O–H groups in total. The summed E-state index contributed by atoms with van der Waals surface area (Å²) in [6.07, 6.45) is 36.1. The molecular formula is C48H79O14P. The molecule has 8 atom stereocenters. The molecule has 14 nitrogen and oxygen atoms in total. The van der Waals surface area contributed by atoms with Gasteiger partial charge >= 0.3 is 19.8 Å². The number of esters is 2. The van der Waals surface area contributed by atoms with Gasteiger partial charge in [0.1, 0.15) is 12.7 Å². The van der Waals surface area contributed by atoms with Crippen molar-refractivity contribution < 1.29 is 67.8 Å². The van der Waals surface area contributed by atoms with Gasteiger partial charge in [-0.25, -0.2) is 4.57 Å². The Hall–Kier alpha value is -3.01. The maximum atomic E-state index is 12.7. The van der Waals surface area contributed by atoms with E-state index in [9.17, 15) is 39.5 Å². The van der Waals surface area contributed by atoms with E-state index in [0.717, 1.165) is 44.9 Å². The average Bonchev–Trinajstić information content (AvgIpc) is 3.25. The molecule has 1 saturated heterocycles. The van der Waals surface area contributed by atoms with Crippen molar-refractivity contribution in [2.24, 2.45) is 5.92 Å². The zero-order chi connectivity index (χ0) is 46.4. The molecule has 1 aliphatic heterocycles. The van der Waals surface area contributed by atoms with E-state index >= 15 is 0 Å². The van der Waals surface area contributed by atoms with Crippen LogP contribution in [-0.4, -0.2) is 106 Å². The first kappa shape index (κ1) is 58.0. The second-order valence-electron chi connectivity index (χ2n) is 15.6. The number of carbonyl (C=O) groups excluding carboxylic acids is 2. The average molecular weight is 911 g/mol. The Morgan fingerprint density at radius 1 is 0.714 bits per heavy atom. The van der Waals surface area contributed by atoms with Crippen LogP contribution >= 0.6 is 7.82 Å². The molecule has 0 aromatic rings. The van der Waals surface area contributed by atoms with Crippen LogP contribution in [0.5, 0.6) is 0 Å². The lowest BCUT2D eigenvalue weighted by Gasteiger charge is -2.36. The number of phosphoric ester groups is 1. The third-order valence-electron chi connectivity index (χ3n) is 9.83. The minimum Gasteiger partial charge on any atom is -0.462 e. The Morgan fingerprint density at radius 2 is 1.29 bits per heavy atom. The van der Waals surface area contributed by atoms with Gasteiger partial charge in [-0.15, -0.1) is 0 Å². The summed E-state index contributed by atoms with van der Waals surface area (Å²) in [6.45, 7) is 1.83. The standard InChI is InChI=1S/C48H79O14P/c1-3-5-7-8-9-10-11-12-13-14-15-16-17-18-19-20-21-22-28-32-47(54)61-42(39-60-63(56,57)59-37-41(51)36-49)38-58-46(53)31-27-24-23-26-30-43-44(52)35-48(55)62-45(43)34-33-40(50)29-25-6-4-2/h9-10,12-13,15-16,18-19,21-23,26,33-34,40-45,48-52,55H,3-8,11,14,17,20,24-25,27-32,35-39H2,1-2H3,(H,56,57)/b10-9-,13-12-,16-15-,19-18-,22-21-,26-23-,34-33+/t40-,41-,42+,43-,44-,45+,48?/m0/s1. The highest BCUT2D eigenvalue weighted by atomic mass is 31.2. The molecule has 1 fully saturated rings. The molecule has 0 amide bonds. The summed E-state index contributed by atoms with van der Waals surface area (Å²) in [5, 5.41) is 49.3. The summed E-state index contributed by atoms with van der Waals surface area (Å²) in [7, 11) is -4.71. The smallest absolute Gasteiger partial charge is 0.462 e. The van der Waals surface area contributed by atoms with E-state index in [1.807, 2.05) is 30.4 Å². The molecule has 0 radical (unpaired) electrons. The summed E-state index contributed by atoms with van der Waals surface area (Å²) in [5.41, 5.74) is 0. The number of ether oxygens (including phenoxy) is 3. The molecule has 1 heterocycles. The molecule has 0 aromatic heterocycles. The SMILES string of the molecule is CCCCC/C=C\C/C=C\C/C=C\C/C=C\C/C=C\CCC(=O)O[C@H](COC(=O)CCC/C=C\C[C@H]1[C@@H](O)CC(O)O[C@@H]1/C=C/[C@@H](O)CCCCC)COP(=O)(O)OC[C@@H](O)CO. The lowest BCUT2D eigenvalue weighted by atomic mass is 9.87. The quantitative estimate of drug-likeness (QED) is 0.0150. The number of aliphatic hydroxyl groups is 5. The van der Waals surface area contributed by atoms with Crippen molar-refractivity contribution in [2.75, 3.05) is 26.4 Å². The largest absolute Gasteiger partial charge is 0.472 e. The highest BCUT2D eigenvalue weighted by Crippen LogP contribution is 2.43. The van der Waals surface area contributed by atoms with Gasteiger partial charge in [0.15, 0.2) is 12.4 Å². The van der Waals surface area contributed by atoms with Gasteiger partial charge in [-0.1, -0.05) is 131 Å². The van der Waals surface area contributed by atoms with Crippen LogP contribution in [0, 0.1) is 5.92 Å². The van der Waals surface area contributed by atoms with Crippen molar-refractivity contribution >= 4 is 19.8 Å². The third kappa shape index (κ3) is 33.2. The van der Waals surface area contributed by atoms with E-state index in [4.69, 9.17) is 23.8 Å². The number of hydrogen-bond donors (Lipinski definition) is 6. The minimum absolute atomic E-state index is 0.000499. The summed E-state index contributed by atoms with van der Waals surface area (Å²) in [5.74, 6) is -1.56. The van der Waals surface area contributed by atoms with Crippen molar-refractivity contribution in [1.82, 2.24) is 0 Å². The van der Waals surface area contributed by atoms with Gasteiger partial charge < -0.3 is 44.6 Å². The van der Waals surface area contributed by atoms with E-state index in [1.165, 1.54) is 19.3 Å². The van der Waals surface area contributed by atoms with Gasteiger partial charge in [-0.2, -0.15) is 0 Å². The molecule has 360 valence electrons. The normalized spacial score (nSPS) is 21.1. The van der Waals surface area contributed by atoms with Gasteiger partial charge in [0.05, 0.1) is 38.1 Å². The summed E-state index contributed by atoms with van der Waals surface area (Å²) in [6, 6.07) is 0. The predicted octanol–water partition coefficient (Wildman–Crippen LogP) is 8.33. The maximum absolute atomic E-state index is 12.7. The fourth-order valence-electron chi connectivity index (χ4n) is 6.19. The van der Waals surface area contributed by atoms with Crippen LogP contribution in [0.2, 0.25) is 0 Å². The highest BCUT2D eigenvalue weighted by Gasteiger charge is 2.35. The van der Waals surface area contributed by atoms with Crippen LogP contribution in [0.3, 0.4) is 0 Å². The van der Waals surface area contributed by atoms with Crippen molar-refractivity contribution in [3.05, 3.63) is 85.1 Å². The Bertz CT molecular complexity index is 1440. The fourth-order valence-corrected chi connectivity index (χ4v) is 6.98. The van der Waals surface area contributed by atoms with Crippen LogP contribution in [-0.2, 0) is 37.4 Å². The zero-order valence-corrected chi connectivity index (χ0v) is 38.7. The first-order valence-electron chi connectivity index (χ1n) is 22.9. The van der Waals surface area contributed by atoms with Gasteiger partial charge in [0.2, 0.25) is 0 Å². The van der Waals surface area contributed by atoms with E-state index < -0.39 is 83.0 Å². The topological polar surface area (TPSA) is 219 Å². The van der Waals surface area contributed by atoms with Crippen LogP contribution < -0.4 is 0 Å². The number of allylic oxidation sites excluding steroid dienone is 12. The second-order valence-corrected chi connectivity index (χ2v) is 17.0. The highest BCUT2D eigenvalue weighted by molar-refractivity contribution is 7.47. The molecular weight excluding hydrogens is 831 g/mol. The summed E-state index contributed by atoms with van der Waals surface area (Å²) < 4.78 is 38.3. The Balaban J connectivity index is 2.54. The number of hydrogen-bond acceptors (Lipinski definition) is 13. The summed E-state index contributed by atoms with van der Waals surface area (Å²) >= 11 is 0. The van der Waals surface area contributed by atoms with Gasteiger partial charge in [-0.3, -0.25) is 18.6 Å². The lowest BCUT2D eigenvalue weighted by molar-refractivity contribution is -0.199. The molecule has 0 aromatic carbocycles. The lowest BCUT2D eigenvalue weighted by Crippen LogP contribution is -2.43. The summed E-state index contributed by atoms with van der Waals surface area (Å²) in [4.78, 5) is 35.2. The van der Waals surface area contributed by atoms with Crippen molar-refractivity contribution in [2.45, 2.75) is 173 Å². The van der Waals surface area contributed by atoms with Gasteiger partial charge in [0.25, 0.3) is 0 Å². The molecule has 2 unspecified atom stereocenters. The Labute approximate surface area is 376 Å². The number of phosphoric acid groups is 1. The van der Waals surface area contributed by atoms with E-state index in [2.05, 4.69) is 60.9 Å². The fraction of sp³-hybridized carbons (Fsp3) is 0.667. The molecule has 0 saturated carbocycles.